The molecule has 2 rings (SSSR count). The summed E-state index contributed by atoms with van der Waals surface area (Å²) in [6.45, 7) is 14.7. The second-order valence-corrected chi connectivity index (χ2v) is 12.5. The predicted octanol–water partition coefficient (Wildman–Crippen LogP) is 2.43. The van der Waals surface area contributed by atoms with Gasteiger partial charge in [0.1, 0.15) is 18.1 Å². The van der Waals surface area contributed by atoms with Crippen molar-refractivity contribution < 1.29 is 39.6 Å². The van der Waals surface area contributed by atoms with E-state index in [4.69, 9.17) is 0 Å². The first-order valence-electron chi connectivity index (χ1n) is 15.1. The number of carboxylic acids is 4. The van der Waals surface area contributed by atoms with E-state index in [1.165, 1.54) is 0 Å². The molecule has 0 radical (unpaired) electrons. The van der Waals surface area contributed by atoms with Crippen LogP contribution in [0.3, 0.4) is 0 Å². The zero-order chi connectivity index (χ0) is 32.4. The molecular formula is C31H50N4O8. The van der Waals surface area contributed by atoms with Gasteiger partial charge in [-0.2, -0.15) is 0 Å². The van der Waals surface area contributed by atoms with Gasteiger partial charge in [0, 0.05) is 58.9 Å². The Bertz CT molecular complexity index is 1040. The highest BCUT2D eigenvalue weighted by Gasteiger charge is 2.35. The average Bonchev–Trinajstić information content (AvgIpc) is 2.88. The summed E-state index contributed by atoms with van der Waals surface area (Å²) in [5.41, 5.74) is 1.07. The molecule has 1 fully saturated rings. The van der Waals surface area contributed by atoms with Crippen LogP contribution >= 0.6 is 0 Å². The molecule has 3 atom stereocenters. The van der Waals surface area contributed by atoms with Crippen molar-refractivity contribution in [1.82, 2.24) is 19.6 Å². The molecule has 0 aromatic heterocycles. The van der Waals surface area contributed by atoms with Crippen LogP contribution in [0.15, 0.2) is 24.3 Å². The Hall–Kier alpha value is -3.06. The van der Waals surface area contributed by atoms with Crippen molar-refractivity contribution in [3.05, 3.63) is 35.4 Å². The van der Waals surface area contributed by atoms with Crippen molar-refractivity contribution in [3.8, 4) is 0 Å². The van der Waals surface area contributed by atoms with Gasteiger partial charge in [-0.25, -0.2) is 4.79 Å². The Morgan fingerprint density at radius 1 is 0.558 bits per heavy atom. The Kier molecular flexibility index (Phi) is 14.0. The van der Waals surface area contributed by atoms with Crippen LogP contribution in [0.5, 0.6) is 0 Å². The van der Waals surface area contributed by atoms with Gasteiger partial charge in [-0.15, -0.1) is 0 Å². The molecule has 1 aromatic rings. The molecule has 12 heteroatoms. The lowest BCUT2D eigenvalue weighted by Crippen LogP contribution is -2.56. The van der Waals surface area contributed by atoms with Gasteiger partial charge in [0.05, 0.1) is 5.56 Å². The van der Waals surface area contributed by atoms with E-state index in [9.17, 15) is 39.6 Å². The molecule has 0 bridgehead atoms. The maximum atomic E-state index is 12.4. The summed E-state index contributed by atoms with van der Waals surface area (Å²) >= 11 is 0. The van der Waals surface area contributed by atoms with E-state index >= 15 is 0 Å². The van der Waals surface area contributed by atoms with Gasteiger partial charge in [0.25, 0.3) is 0 Å². The predicted molar refractivity (Wildman–Crippen MR) is 162 cm³/mol. The first kappa shape index (κ1) is 36.1. The largest absolute Gasteiger partial charge is 0.480 e. The fraction of sp³-hybridized carbons (Fsp3) is 0.677. The normalized spacial score (nSPS) is 19.5. The number of aliphatic carboxylic acids is 3. The number of aromatic carboxylic acids is 1. The van der Waals surface area contributed by atoms with Crippen LogP contribution in [-0.4, -0.2) is 134 Å². The second kappa shape index (κ2) is 16.7. The molecule has 1 aliphatic heterocycles. The van der Waals surface area contributed by atoms with E-state index in [1.807, 2.05) is 56.2 Å². The van der Waals surface area contributed by atoms with E-state index in [2.05, 4.69) is 4.90 Å². The summed E-state index contributed by atoms with van der Waals surface area (Å²) in [7, 11) is 0. The fourth-order valence-corrected chi connectivity index (χ4v) is 6.09. The van der Waals surface area contributed by atoms with Gasteiger partial charge >= 0.3 is 23.9 Å². The monoisotopic (exact) mass is 606 g/mol. The number of hydrogen-bond acceptors (Lipinski definition) is 8. The lowest BCUT2D eigenvalue weighted by molar-refractivity contribution is -0.149. The molecule has 1 aliphatic rings. The molecule has 43 heavy (non-hydrogen) atoms. The highest BCUT2D eigenvalue weighted by Crippen LogP contribution is 2.19. The van der Waals surface area contributed by atoms with Crippen molar-refractivity contribution in [2.45, 2.75) is 66.2 Å². The van der Waals surface area contributed by atoms with Crippen LogP contribution in [0.25, 0.3) is 0 Å². The van der Waals surface area contributed by atoms with Gasteiger partial charge in [-0.3, -0.25) is 34.0 Å². The van der Waals surface area contributed by atoms with Crippen LogP contribution in [0.2, 0.25) is 0 Å². The van der Waals surface area contributed by atoms with Gasteiger partial charge in [0.2, 0.25) is 0 Å². The van der Waals surface area contributed by atoms with E-state index in [0.717, 1.165) is 5.56 Å². The zero-order valence-corrected chi connectivity index (χ0v) is 26.3. The first-order chi connectivity index (χ1) is 20.1. The third-order valence-electron chi connectivity index (χ3n) is 8.20. The lowest BCUT2D eigenvalue weighted by atomic mass is 10.00. The Balaban J connectivity index is 2.50. The summed E-state index contributed by atoms with van der Waals surface area (Å²) in [6.07, 6.45) is 0. The van der Waals surface area contributed by atoms with Crippen LogP contribution in [0, 0.1) is 17.8 Å². The Morgan fingerprint density at radius 3 is 1.12 bits per heavy atom. The number of benzene rings is 1. The highest BCUT2D eigenvalue weighted by atomic mass is 16.4. The maximum absolute atomic E-state index is 12.4. The molecule has 1 saturated heterocycles. The summed E-state index contributed by atoms with van der Waals surface area (Å²) in [5.74, 6) is -4.43. The average molecular weight is 607 g/mol. The van der Waals surface area contributed by atoms with Crippen molar-refractivity contribution in [2.75, 3.05) is 52.4 Å². The topological polar surface area (TPSA) is 162 Å². The first-order valence-corrected chi connectivity index (χ1v) is 15.1. The third kappa shape index (κ3) is 10.6. The van der Waals surface area contributed by atoms with Crippen molar-refractivity contribution in [3.63, 3.8) is 0 Å². The molecular weight excluding hydrogens is 556 g/mol. The molecule has 0 spiro atoms. The molecule has 1 heterocycles. The number of carboxylic acid groups (broad SMARTS) is 4. The Morgan fingerprint density at radius 2 is 0.860 bits per heavy atom. The van der Waals surface area contributed by atoms with Crippen molar-refractivity contribution in [1.29, 1.82) is 0 Å². The standard InChI is InChI=1S/C31H50N4O8/c1-20(2)25(29(38)39)33-13-11-32(19-23-7-9-24(10-8-23)28(36)37)12-14-34(26(21(3)4)30(40)41)16-18-35(17-15-33)27(22(5)6)31(42)43/h7-10,20-22,25-27H,11-19H2,1-6H3,(H,36,37)(H,38,39)(H,40,41)(H,42,43). The van der Waals surface area contributed by atoms with Gasteiger partial charge in [-0.05, 0) is 35.4 Å². The van der Waals surface area contributed by atoms with E-state index in [1.54, 1.807) is 24.3 Å². The summed E-state index contributed by atoms with van der Waals surface area (Å²) in [4.78, 5) is 56.3. The Labute approximate surface area is 254 Å². The zero-order valence-electron chi connectivity index (χ0n) is 26.3. The molecule has 0 amide bonds. The molecule has 3 unspecified atom stereocenters. The minimum absolute atomic E-state index is 0.183. The fourth-order valence-electron chi connectivity index (χ4n) is 6.09. The molecule has 242 valence electrons. The van der Waals surface area contributed by atoms with E-state index < -0.39 is 42.0 Å². The van der Waals surface area contributed by atoms with Gasteiger partial charge < -0.3 is 20.4 Å². The number of hydrogen-bond donors (Lipinski definition) is 4. The van der Waals surface area contributed by atoms with Crippen LogP contribution in [0.1, 0.15) is 57.5 Å². The third-order valence-corrected chi connectivity index (χ3v) is 8.20. The second-order valence-electron chi connectivity index (χ2n) is 12.5. The molecule has 12 nitrogen and oxygen atoms in total. The van der Waals surface area contributed by atoms with Crippen molar-refractivity contribution >= 4 is 23.9 Å². The van der Waals surface area contributed by atoms with Crippen LogP contribution < -0.4 is 0 Å². The van der Waals surface area contributed by atoms with Crippen LogP contribution in [0.4, 0.5) is 0 Å². The number of nitrogens with zero attached hydrogens (tertiary/aromatic N) is 4. The van der Waals surface area contributed by atoms with Gasteiger partial charge in [-0.1, -0.05) is 53.7 Å². The van der Waals surface area contributed by atoms with Crippen LogP contribution in [-0.2, 0) is 20.9 Å². The SMILES string of the molecule is CC(C)C(C(=O)O)N1CCN(Cc2ccc(C(=O)O)cc2)CCN(C(C(=O)O)C(C)C)CCN(C(C(=O)O)C(C)C)CC1. The summed E-state index contributed by atoms with van der Waals surface area (Å²) in [6, 6.07) is 4.28. The van der Waals surface area contributed by atoms with Crippen molar-refractivity contribution in [2.24, 2.45) is 17.8 Å². The van der Waals surface area contributed by atoms with E-state index in [-0.39, 0.29) is 23.3 Å². The molecule has 4 N–H and O–H groups in total. The molecule has 0 aliphatic carbocycles. The quantitative estimate of drug-likeness (QED) is 0.275. The maximum Gasteiger partial charge on any atom is 0.335 e. The summed E-state index contributed by atoms with van der Waals surface area (Å²) in [5, 5.41) is 39.7. The molecule has 0 saturated carbocycles. The lowest BCUT2D eigenvalue weighted by Gasteiger charge is -2.40. The minimum atomic E-state index is -1.01. The molecule has 1 aromatic carbocycles. The van der Waals surface area contributed by atoms with E-state index in [0.29, 0.717) is 58.9 Å². The van der Waals surface area contributed by atoms with Gasteiger partial charge in [0.15, 0.2) is 0 Å². The highest BCUT2D eigenvalue weighted by molar-refractivity contribution is 5.87. The smallest absolute Gasteiger partial charge is 0.335 e. The number of carbonyl (C=O) groups is 4. The minimum Gasteiger partial charge on any atom is -0.480 e. The summed E-state index contributed by atoms with van der Waals surface area (Å²) < 4.78 is 0. The number of rotatable bonds is 12.